The lowest BCUT2D eigenvalue weighted by atomic mass is 10.2. The first kappa shape index (κ1) is 10.8. The van der Waals surface area contributed by atoms with Gasteiger partial charge in [0.1, 0.15) is 5.69 Å². The van der Waals surface area contributed by atoms with E-state index in [1.165, 1.54) is 7.11 Å². The monoisotopic (exact) mass is 221 g/mol. The third-order valence-electron chi connectivity index (χ3n) is 1.53. The summed E-state index contributed by atoms with van der Waals surface area (Å²) in [7, 11) is 1.22. The minimum Gasteiger partial charge on any atom is -0.480 e. The summed E-state index contributed by atoms with van der Waals surface area (Å²) in [6.07, 6.45) is -2.34. The Kier molecular flexibility index (Phi) is 3.35. The third kappa shape index (κ3) is 1.98. The maximum atomic E-state index is 12.2. The van der Waals surface area contributed by atoms with E-state index in [0.717, 1.165) is 6.07 Å². The molecule has 6 heteroatoms. The zero-order valence-corrected chi connectivity index (χ0v) is 7.89. The maximum absolute atomic E-state index is 12.2. The molecule has 0 amide bonds. The lowest BCUT2D eigenvalue weighted by molar-refractivity contribution is 0.111. The van der Waals surface area contributed by atoms with Crippen LogP contribution in [0.2, 0.25) is 5.02 Å². The number of carbonyl (C=O) groups excluding carboxylic acids is 1. The van der Waals surface area contributed by atoms with Crippen LogP contribution in [0.25, 0.3) is 0 Å². The van der Waals surface area contributed by atoms with E-state index in [2.05, 4.69) is 9.72 Å². The van der Waals surface area contributed by atoms with Gasteiger partial charge in [0.25, 0.3) is 6.43 Å². The van der Waals surface area contributed by atoms with Crippen molar-refractivity contribution in [3.05, 3.63) is 22.3 Å². The van der Waals surface area contributed by atoms with Gasteiger partial charge < -0.3 is 4.74 Å². The minimum absolute atomic E-state index is 0.0291. The van der Waals surface area contributed by atoms with Gasteiger partial charge in [0, 0.05) is 0 Å². The molecule has 0 N–H and O–H groups in total. The van der Waals surface area contributed by atoms with Gasteiger partial charge in [-0.1, -0.05) is 11.6 Å². The van der Waals surface area contributed by atoms with Gasteiger partial charge in [-0.2, -0.15) is 0 Å². The summed E-state index contributed by atoms with van der Waals surface area (Å²) < 4.78 is 29.1. The molecule has 76 valence electrons. The van der Waals surface area contributed by atoms with E-state index in [1.54, 1.807) is 0 Å². The number of nitrogens with zero attached hydrogens (tertiary/aromatic N) is 1. The molecule has 0 aromatic carbocycles. The number of halogens is 3. The third-order valence-corrected chi connectivity index (χ3v) is 1.84. The predicted octanol–water partition coefficient (Wildman–Crippen LogP) is 2.49. The first-order valence-corrected chi connectivity index (χ1v) is 3.95. The number of rotatable bonds is 3. The second-order valence-electron chi connectivity index (χ2n) is 2.37. The van der Waals surface area contributed by atoms with Gasteiger partial charge in [-0.15, -0.1) is 0 Å². The lowest BCUT2D eigenvalue weighted by Gasteiger charge is -2.06. The summed E-state index contributed by atoms with van der Waals surface area (Å²) in [5.41, 5.74) is -0.545. The number of carbonyl (C=O) groups is 1. The van der Waals surface area contributed by atoms with Gasteiger partial charge in [-0.3, -0.25) is 4.79 Å². The average molecular weight is 222 g/mol. The fourth-order valence-corrected chi connectivity index (χ4v) is 1.13. The molecule has 0 aliphatic rings. The van der Waals surface area contributed by atoms with Gasteiger partial charge in [0.05, 0.1) is 17.7 Å². The molecule has 0 saturated heterocycles. The minimum atomic E-state index is -2.75. The molecule has 0 aliphatic heterocycles. The average Bonchev–Trinajstić information content (AvgIpc) is 2.16. The molecule has 1 heterocycles. The van der Waals surface area contributed by atoms with Crippen molar-refractivity contribution in [2.24, 2.45) is 0 Å². The first-order valence-electron chi connectivity index (χ1n) is 3.58. The second kappa shape index (κ2) is 4.32. The molecule has 0 saturated carbocycles. The highest BCUT2D eigenvalue weighted by Gasteiger charge is 2.16. The van der Waals surface area contributed by atoms with Crippen molar-refractivity contribution in [1.82, 2.24) is 4.98 Å². The smallest absolute Gasteiger partial charge is 0.280 e. The number of aldehydes is 1. The Morgan fingerprint density at radius 3 is 2.71 bits per heavy atom. The van der Waals surface area contributed by atoms with E-state index in [-0.39, 0.29) is 16.5 Å². The van der Waals surface area contributed by atoms with Crippen LogP contribution in [0.4, 0.5) is 8.78 Å². The van der Waals surface area contributed by atoms with Crippen molar-refractivity contribution < 1.29 is 18.3 Å². The number of hydrogen-bond donors (Lipinski definition) is 0. The predicted molar refractivity (Wildman–Crippen MR) is 46.1 cm³/mol. The number of hydrogen-bond acceptors (Lipinski definition) is 3. The fourth-order valence-electron chi connectivity index (χ4n) is 0.894. The van der Waals surface area contributed by atoms with Crippen molar-refractivity contribution in [1.29, 1.82) is 0 Å². The normalized spacial score (nSPS) is 10.4. The fraction of sp³-hybridized carbons (Fsp3) is 0.250. The van der Waals surface area contributed by atoms with E-state index >= 15 is 0 Å². The molecule has 0 spiro atoms. The standard InChI is InChI=1S/C8H6ClF2NO2/c1-14-8-4(3-13)5(9)2-6(12-8)7(10)11/h2-3,7H,1H3. The van der Waals surface area contributed by atoms with Gasteiger partial charge >= 0.3 is 0 Å². The van der Waals surface area contributed by atoms with Crippen LogP contribution in [0.1, 0.15) is 22.5 Å². The van der Waals surface area contributed by atoms with Crippen molar-refractivity contribution in [2.75, 3.05) is 7.11 Å². The highest BCUT2D eigenvalue weighted by atomic mass is 35.5. The van der Waals surface area contributed by atoms with Gasteiger partial charge in [-0.25, -0.2) is 13.8 Å². The topological polar surface area (TPSA) is 39.2 Å². The Morgan fingerprint density at radius 2 is 2.29 bits per heavy atom. The Morgan fingerprint density at radius 1 is 1.64 bits per heavy atom. The zero-order chi connectivity index (χ0) is 10.7. The molecule has 0 aliphatic carbocycles. The molecule has 0 radical (unpaired) electrons. The van der Waals surface area contributed by atoms with E-state index in [1.807, 2.05) is 0 Å². The molecule has 0 fully saturated rings. The molecule has 3 nitrogen and oxygen atoms in total. The summed E-state index contributed by atoms with van der Waals surface area (Å²) in [6, 6.07) is 0.943. The van der Waals surface area contributed by atoms with Crippen molar-refractivity contribution in [3.63, 3.8) is 0 Å². The van der Waals surface area contributed by atoms with Crippen molar-refractivity contribution >= 4 is 17.9 Å². The second-order valence-corrected chi connectivity index (χ2v) is 2.78. The van der Waals surface area contributed by atoms with Gasteiger partial charge in [0.15, 0.2) is 6.29 Å². The number of ether oxygens (including phenoxy) is 1. The summed E-state index contributed by atoms with van der Waals surface area (Å²) in [5, 5.41) is -0.0952. The van der Waals surface area contributed by atoms with Gasteiger partial charge in [-0.05, 0) is 6.07 Å². The number of methoxy groups -OCH3 is 1. The van der Waals surface area contributed by atoms with Crippen molar-refractivity contribution in [2.45, 2.75) is 6.43 Å². The first-order chi connectivity index (χ1) is 6.60. The number of pyridine rings is 1. The molecule has 1 aromatic rings. The molecule has 0 unspecified atom stereocenters. The van der Waals surface area contributed by atoms with Crippen LogP contribution in [-0.4, -0.2) is 18.4 Å². The molecular weight excluding hydrogens is 216 g/mol. The van der Waals surface area contributed by atoms with Crippen LogP contribution in [0.5, 0.6) is 5.88 Å². The van der Waals surface area contributed by atoms with E-state index in [4.69, 9.17) is 11.6 Å². The summed E-state index contributed by atoms with van der Waals surface area (Å²) in [4.78, 5) is 13.9. The molecule has 0 bridgehead atoms. The molecule has 1 aromatic heterocycles. The summed E-state index contributed by atoms with van der Waals surface area (Å²) in [6.45, 7) is 0. The number of alkyl halides is 2. The Balaban J connectivity index is 3.31. The Labute approximate surface area is 83.7 Å². The van der Waals surface area contributed by atoms with Crippen LogP contribution in [0.15, 0.2) is 6.07 Å². The Hall–Kier alpha value is -1.23. The van der Waals surface area contributed by atoms with E-state index in [9.17, 15) is 13.6 Å². The van der Waals surface area contributed by atoms with Crippen LogP contribution < -0.4 is 4.74 Å². The number of aromatic nitrogens is 1. The largest absolute Gasteiger partial charge is 0.480 e. The Bertz CT molecular complexity index is 357. The maximum Gasteiger partial charge on any atom is 0.280 e. The zero-order valence-electron chi connectivity index (χ0n) is 7.13. The van der Waals surface area contributed by atoms with Crippen molar-refractivity contribution in [3.8, 4) is 5.88 Å². The van der Waals surface area contributed by atoms with Crippen LogP contribution in [0.3, 0.4) is 0 Å². The quantitative estimate of drug-likeness (QED) is 0.736. The van der Waals surface area contributed by atoms with E-state index in [0.29, 0.717) is 6.29 Å². The highest BCUT2D eigenvalue weighted by molar-refractivity contribution is 6.33. The molecule has 0 atom stereocenters. The summed E-state index contributed by atoms with van der Waals surface area (Å²) >= 11 is 5.57. The molecular formula is C8H6ClF2NO2. The molecule has 1 rings (SSSR count). The summed E-state index contributed by atoms with van der Waals surface area (Å²) in [5.74, 6) is -0.192. The highest BCUT2D eigenvalue weighted by Crippen LogP contribution is 2.28. The van der Waals surface area contributed by atoms with Crippen LogP contribution in [-0.2, 0) is 0 Å². The van der Waals surface area contributed by atoms with Gasteiger partial charge in [0.2, 0.25) is 5.88 Å². The molecule has 14 heavy (non-hydrogen) atoms. The lowest BCUT2D eigenvalue weighted by Crippen LogP contribution is -1.99. The van der Waals surface area contributed by atoms with Crippen LogP contribution >= 0.6 is 11.6 Å². The van der Waals surface area contributed by atoms with Crippen LogP contribution in [0, 0.1) is 0 Å². The SMILES string of the molecule is COc1nc(C(F)F)cc(Cl)c1C=O. The van der Waals surface area contributed by atoms with E-state index < -0.39 is 12.1 Å².